The number of nitrogens with zero attached hydrogens (tertiary/aromatic N) is 1. The molecule has 0 aliphatic rings. The standard InChI is InChI=1S/C15H17F2NO3/c1-18(15-5-4-11(16)7-14(15)17)8-12(19)9-20-10-13-3-2-6-21-13/h2-7,12,19H,8-10H2,1H3. The summed E-state index contributed by atoms with van der Waals surface area (Å²) in [5, 5.41) is 9.86. The Balaban J connectivity index is 1.79. The first-order valence-corrected chi connectivity index (χ1v) is 6.50. The van der Waals surface area contributed by atoms with Crippen molar-refractivity contribution in [2.45, 2.75) is 12.7 Å². The number of aliphatic hydroxyl groups is 1. The van der Waals surface area contributed by atoms with Crippen LogP contribution in [0.1, 0.15) is 5.76 Å². The molecule has 1 heterocycles. The van der Waals surface area contributed by atoms with E-state index in [1.54, 1.807) is 25.4 Å². The lowest BCUT2D eigenvalue weighted by atomic mass is 10.2. The first-order chi connectivity index (χ1) is 10.1. The highest BCUT2D eigenvalue weighted by atomic mass is 19.1. The van der Waals surface area contributed by atoms with E-state index in [-0.39, 0.29) is 25.4 Å². The second-order valence-electron chi connectivity index (χ2n) is 4.72. The summed E-state index contributed by atoms with van der Waals surface area (Å²) in [4.78, 5) is 1.51. The number of furan rings is 1. The lowest BCUT2D eigenvalue weighted by Crippen LogP contribution is -2.32. The zero-order valence-corrected chi connectivity index (χ0v) is 11.6. The van der Waals surface area contributed by atoms with Gasteiger partial charge in [0, 0.05) is 19.7 Å². The average molecular weight is 297 g/mol. The quantitative estimate of drug-likeness (QED) is 0.853. The summed E-state index contributed by atoms with van der Waals surface area (Å²) in [6.45, 7) is 0.521. The lowest BCUT2D eigenvalue weighted by molar-refractivity contribution is 0.0260. The van der Waals surface area contributed by atoms with Crippen molar-refractivity contribution in [3.63, 3.8) is 0 Å². The number of hydrogen-bond acceptors (Lipinski definition) is 4. The van der Waals surface area contributed by atoms with E-state index >= 15 is 0 Å². The van der Waals surface area contributed by atoms with Crippen LogP contribution in [0.5, 0.6) is 0 Å². The number of halogens is 2. The molecule has 0 aliphatic heterocycles. The van der Waals surface area contributed by atoms with E-state index in [1.165, 1.54) is 17.0 Å². The van der Waals surface area contributed by atoms with Gasteiger partial charge >= 0.3 is 0 Å². The fourth-order valence-corrected chi connectivity index (χ4v) is 1.95. The van der Waals surface area contributed by atoms with Crippen LogP contribution in [0, 0.1) is 11.6 Å². The Morgan fingerprint density at radius 1 is 1.33 bits per heavy atom. The molecule has 0 saturated carbocycles. The fraction of sp³-hybridized carbons (Fsp3) is 0.333. The zero-order chi connectivity index (χ0) is 15.2. The third-order valence-electron chi connectivity index (χ3n) is 2.94. The van der Waals surface area contributed by atoms with Crippen molar-refractivity contribution in [2.24, 2.45) is 0 Å². The normalized spacial score (nSPS) is 12.4. The van der Waals surface area contributed by atoms with E-state index in [0.717, 1.165) is 6.07 Å². The predicted octanol–water partition coefficient (Wildman–Crippen LogP) is 2.57. The molecule has 114 valence electrons. The van der Waals surface area contributed by atoms with Crippen LogP contribution < -0.4 is 4.90 Å². The van der Waals surface area contributed by atoms with Crippen LogP contribution in [0.2, 0.25) is 0 Å². The number of ether oxygens (including phenoxy) is 1. The summed E-state index contributed by atoms with van der Waals surface area (Å²) in [6, 6.07) is 6.84. The number of anilines is 1. The highest BCUT2D eigenvalue weighted by Gasteiger charge is 2.13. The number of aliphatic hydroxyl groups excluding tert-OH is 1. The molecule has 0 radical (unpaired) electrons. The summed E-state index contributed by atoms with van der Waals surface area (Å²) in [6.07, 6.45) is 0.745. The van der Waals surface area contributed by atoms with Crippen LogP contribution in [-0.4, -0.2) is 31.4 Å². The topological polar surface area (TPSA) is 45.8 Å². The molecule has 4 nitrogen and oxygen atoms in total. The van der Waals surface area contributed by atoms with Gasteiger partial charge in [0.15, 0.2) is 0 Å². The van der Waals surface area contributed by atoms with Gasteiger partial charge in [-0.15, -0.1) is 0 Å². The second kappa shape index (κ2) is 7.19. The molecule has 2 aromatic rings. The van der Waals surface area contributed by atoms with Crippen molar-refractivity contribution in [2.75, 3.05) is 25.1 Å². The minimum Gasteiger partial charge on any atom is -0.467 e. The van der Waals surface area contributed by atoms with Crippen LogP contribution in [-0.2, 0) is 11.3 Å². The van der Waals surface area contributed by atoms with E-state index in [9.17, 15) is 13.9 Å². The Kier molecular flexibility index (Phi) is 5.30. The molecule has 0 aliphatic carbocycles. The van der Waals surface area contributed by atoms with Gasteiger partial charge in [-0.25, -0.2) is 8.78 Å². The fourth-order valence-electron chi connectivity index (χ4n) is 1.95. The Morgan fingerprint density at radius 2 is 2.14 bits per heavy atom. The van der Waals surface area contributed by atoms with Gasteiger partial charge in [0.1, 0.15) is 24.0 Å². The second-order valence-corrected chi connectivity index (χ2v) is 4.72. The first kappa shape index (κ1) is 15.5. The summed E-state index contributed by atoms with van der Waals surface area (Å²) >= 11 is 0. The smallest absolute Gasteiger partial charge is 0.149 e. The Hall–Kier alpha value is -1.92. The van der Waals surface area contributed by atoms with Gasteiger partial charge in [-0.2, -0.15) is 0 Å². The van der Waals surface area contributed by atoms with E-state index in [2.05, 4.69) is 0 Å². The van der Waals surface area contributed by atoms with Crippen molar-refractivity contribution < 1.29 is 23.0 Å². The molecule has 0 spiro atoms. The van der Waals surface area contributed by atoms with E-state index < -0.39 is 17.7 Å². The molecule has 21 heavy (non-hydrogen) atoms. The molecule has 0 amide bonds. The van der Waals surface area contributed by atoms with Gasteiger partial charge < -0.3 is 19.2 Å². The first-order valence-electron chi connectivity index (χ1n) is 6.50. The number of likely N-dealkylation sites (N-methyl/N-ethyl adjacent to an activating group) is 1. The number of rotatable bonds is 7. The van der Waals surface area contributed by atoms with E-state index in [1.807, 2.05) is 0 Å². The predicted molar refractivity (Wildman–Crippen MR) is 74.0 cm³/mol. The summed E-state index contributed by atoms with van der Waals surface area (Å²) < 4.78 is 36.8. The molecule has 1 N–H and O–H groups in total. The van der Waals surface area contributed by atoms with Gasteiger partial charge in [0.05, 0.1) is 24.7 Å². The van der Waals surface area contributed by atoms with Gasteiger partial charge in [-0.05, 0) is 24.3 Å². The number of hydrogen-bond donors (Lipinski definition) is 1. The maximum absolute atomic E-state index is 13.6. The summed E-state index contributed by atoms with van der Waals surface area (Å²) in [5.74, 6) is -0.631. The third kappa shape index (κ3) is 4.54. The monoisotopic (exact) mass is 297 g/mol. The van der Waals surface area contributed by atoms with Crippen molar-refractivity contribution in [1.82, 2.24) is 0 Å². The van der Waals surface area contributed by atoms with Crippen LogP contribution in [0.25, 0.3) is 0 Å². The molecule has 6 heteroatoms. The molecule has 1 aromatic heterocycles. The Labute approximate surface area is 121 Å². The lowest BCUT2D eigenvalue weighted by Gasteiger charge is -2.23. The molecular formula is C15H17F2NO3. The average Bonchev–Trinajstić information content (AvgIpc) is 2.91. The largest absolute Gasteiger partial charge is 0.467 e. The van der Waals surface area contributed by atoms with E-state index in [0.29, 0.717) is 5.76 Å². The van der Waals surface area contributed by atoms with Crippen LogP contribution in [0.15, 0.2) is 41.0 Å². The highest BCUT2D eigenvalue weighted by molar-refractivity contribution is 5.47. The maximum Gasteiger partial charge on any atom is 0.149 e. The van der Waals surface area contributed by atoms with Crippen molar-refractivity contribution >= 4 is 5.69 Å². The highest BCUT2D eigenvalue weighted by Crippen LogP contribution is 2.19. The Morgan fingerprint density at radius 3 is 2.81 bits per heavy atom. The van der Waals surface area contributed by atoms with Crippen LogP contribution >= 0.6 is 0 Å². The molecule has 2 rings (SSSR count). The van der Waals surface area contributed by atoms with Gasteiger partial charge in [0.25, 0.3) is 0 Å². The Bertz CT molecular complexity index is 560. The van der Waals surface area contributed by atoms with Crippen molar-refractivity contribution in [3.05, 3.63) is 54.0 Å². The van der Waals surface area contributed by atoms with Crippen LogP contribution in [0.4, 0.5) is 14.5 Å². The molecule has 0 saturated heterocycles. The summed E-state index contributed by atoms with van der Waals surface area (Å²) in [7, 11) is 1.62. The van der Waals surface area contributed by atoms with Gasteiger partial charge in [0.2, 0.25) is 0 Å². The van der Waals surface area contributed by atoms with Gasteiger partial charge in [-0.3, -0.25) is 0 Å². The van der Waals surface area contributed by atoms with Crippen molar-refractivity contribution in [3.8, 4) is 0 Å². The molecule has 0 bridgehead atoms. The van der Waals surface area contributed by atoms with Crippen LogP contribution in [0.3, 0.4) is 0 Å². The third-order valence-corrected chi connectivity index (χ3v) is 2.94. The molecule has 0 fully saturated rings. The zero-order valence-electron chi connectivity index (χ0n) is 11.6. The minimum atomic E-state index is -0.797. The van der Waals surface area contributed by atoms with Gasteiger partial charge in [-0.1, -0.05) is 0 Å². The number of benzene rings is 1. The minimum absolute atomic E-state index is 0.0911. The van der Waals surface area contributed by atoms with E-state index in [4.69, 9.17) is 9.15 Å². The summed E-state index contributed by atoms with van der Waals surface area (Å²) in [5.41, 5.74) is 0.224. The molecule has 1 unspecified atom stereocenters. The maximum atomic E-state index is 13.6. The molecular weight excluding hydrogens is 280 g/mol. The molecule has 1 aromatic carbocycles. The SMILES string of the molecule is CN(CC(O)COCc1ccco1)c1ccc(F)cc1F. The molecule has 1 atom stereocenters. The van der Waals surface area contributed by atoms with Crippen molar-refractivity contribution in [1.29, 1.82) is 0 Å².